The Bertz CT molecular complexity index is 312. The molecule has 1 aliphatic heterocycles. The minimum Gasteiger partial charge on any atom is -0.493 e. The molecule has 0 saturated heterocycles. The maximum absolute atomic E-state index is 9.64. The van der Waals surface area contributed by atoms with Crippen molar-refractivity contribution in [3.8, 4) is 5.75 Å². The quantitative estimate of drug-likeness (QED) is 0.698. The van der Waals surface area contributed by atoms with Gasteiger partial charge in [-0.1, -0.05) is 6.07 Å². The van der Waals surface area contributed by atoms with E-state index in [0.717, 1.165) is 11.3 Å². The Morgan fingerprint density at radius 1 is 1.54 bits per heavy atom. The third-order valence-corrected chi connectivity index (χ3v) is 2.95. The smallest absolute Gasteiger partial charge is 0.126 e. The molecule has 0 spiro atoms. The molecule has 2 nitrogen and oxygen atoms in total. The molecule has 0 saturated carbocycles. The first-order valence-corrected chi connectivity index (χ1v) is 5.52. The molecule has 2 rings (SSSR count). The van der Waals surface area contributed by atoms with Crippen molar-refractivity contribution in [3.05, 3.63) is 23.8 Å². The van der Waals surface area contributed by atoms with Crippen LogP contribution in [0.3, 0.4) is 0 Å². The molecule has 1 N–H and O–H groups in total. The van der Waals surface area contributed by atoms with Crippen molar-refractivity contribution < 1.29 is 9.84 Å². The van der Waals surface area contributed by atoms with Crippen molar-refractivity contribution in [3.63, 3.8) is 0 Å². The molecule has 13 heavy (non-hydrogen) atoms. The first-order chi connectivity index (χ1) is 6.31. The molecule has 1 aliphatic rings. The number of ether oxygens (including phenoxy) is 1. The van der Waals surface area contributed by atoms with Crippen LogP contribution in [0, 0.1) is 0 Å². The van der Waals surface area contributed by atoms with Crippen LogP contribution in [0.2, 0.25) is 0 Å². The lowest BCUT2D eigenvalue weighted by atomic mass is 10.0. The van der Waals surface area contributed by atoms with E-state index in [-0.39, 0.29) is 6.10 Å². The van der Waals surface area contributed by atoms with Gasteiger partial charge in [0, 0.05) is 16.9 Å². The lowest BCUT2D eigenvalue weighted by Crippen LogP contribution is -2.13. The predicted molar refractivity (Wildman–Crippen MR) is 53.3 cm³/mol. The minimum absolute atomic E-state index is 0.348. The Balaban J connectivity index is 2.39. The van der Waals surface area contributed by atoms with Crippen LogP contribution in [-0.4, -0.2) is 18.0 Å². The highest BCUT2D eigenvalue weighted by molar-refractivity contribution is 7.98. The summed E-state index contributed by atoms with van der Waals surface area (Å²) >= 11 is 1.68. The molecule has 0 aromatic heterocycles. The van der Waals surface area contributed by atoms with Gasteiger partial charge in [0.15, 0.2) is 0 Å². The fourth-order valence-electron chi connectivity index (χ4n) is 1.48. The highest BCUT2D eigenvalue weighted by Gasteiger charge is 2.18. The zero-order valence-electron chi connectivity index (χ0n) is 7.49. The summed E-state index contributed by atoms with van der Waals surface area (Å²) < 4.78 is 5.46. The highest BCUT2D eigenvalue weighted by atomic mass is 32.2. The molecule has 0 fully saturated rings. The Labute approximate surface area is 81.9 Å². The first kappa shape index (κ1) is 8.91. The van der Waals surface area contributed by atoms with Gasteiger partial charge in [0.1, 0.15) is 5.75 Å². The van der Waals surface area contributed by atoms with E-state index < -0.39 is 0 Å². The molecule has 0 radical (unpaired) electrons. The molecule has 0 amide bonds. The van der Waals surface area contributed by atoms with E-state index in [0.29, 0.717) is 13.0 Å². The zero-order valence-corrected chi connectivity index (χ0v) is 8.30. The largest absolute Gasteiger partial charge is 0.493 e. The van der Waals surface area contributed by atoms with Gasteiger partial charge in [-0.15, -0.1) is 11.8 Å². The number of aliphatic hydroxyl groups excluding tert-OH is 1. The van der Waals surface area contributed by atoms with Crippen LogP contribution in [0.1, 0.15) is 18.1 Å². The van der Waals surface area contributed by atoms with E-state index in [1.165, 1.54) is 4.90 Å². The summed E-state index contributed by atoms with van der Waals surface area (Å²) in [4.78, 5) is 1.17. The lowest BCUT2D eigenvalue weighted by Gasteiger charge is -2.22. The van der Waals surface area contributed by atoms with Crippen LogP contribution >= 0.6 is 11.8 Å². The van der Waals surface area contributed by atoms with Crippen molar-refractivity contribution in [1.82, 2.24) is 0 Å². The normalized spacial score (nSPS) is 20.6. The summed E-state index contributed by atoms with van der Waals surface area (Å²) in [6.07, 6.45) is 2.38. The second kappa shape index (κ2) is 3.60. The van der Waals surface area contributed by atoms with Crippen molar-refractivity contribution in [2.75, 3.05) is 12.9 Å². The van der Waals surface area contributed by atoms with Crippen LogP contribution in [0.4, 0.5) is 0 Å². The summed E-state index contributed by atoms with van der Waals surface area (Å²) in [5, 5.41) is 9.64. The van der Waals surface area contributed by atoms with Crippen LogP contribution in [0.25, 0.3) is 0 Å². The number of fused-ring (bicyclic) bond motifs is 1. The van der Waals surface area contributed by atoms with E-state index in [1.807, 2.05) is 24.5 Å². The van der Waals surface area contributed by atoms with E-state index in [9.17, 15) is 5.11 Å². The maximum Gasteiger partial charge on any atom is 0.126 e. The predicted octanol–water partition coefficient (Wildman–Crippen LogP) is 2.22. The summed E-state index contributed by atoms with van der Waals surface area (Å²) in [7, 11) is 0. The third kappa shape index (κ3) is 1.67. The highest BCUT2D eigenvalue weighted by Crippen LogP contribution is 2.34. The molecular formula is C10H12O2S. The van der Waals surface area contributed by atoms with Crippen molar-refractivity contribution in [2.45, 2.75) is 17.4 Å². The minimum atomic E-state index is -0.348. The van der Waals surface area contributed by atoms with Gasteiger partial charge < -0.3 is 9.84 Å². The van der Waals surface area contributed by atoms with Gasteiger partial charge in [-0.2, -0.15) is 0 Å². The second-order valence-corrected chi connectivity index (χ2v) is 3.94. The Morgan fingerprint density at radius 2 is 2.38 bits per heavy atom. The van der Waals surface area contributed by atoms with Crippen LogP contribution < -0.4 is 4.74 Å². The van der Waals surface area contributed by atoms with Crippen LogP contribution in [0.15, 0.2) is 23.1 Å². The van der Waals surface area contributed by atoms with Crippen molar-refractivity contribution >= 4 is 11.8 Å². The number of aliphatic hydroxyl groups is 1. The molecule has 0 bridgehead atoms. The van der Waals surface area contributed by atoms with Gasteiger partial charge in [-0.05, 0) is 18.4 Å². The van der Waals surface area contributed by atoms with Gasteiger partial charge >= 0.3 is 0 Å². The Morgan fingerprint density at radius 3 is 3.15 bits per heavy atom. The Kier molecular flexibility index (Phi) is 2.47. The van der Waals surface area contributed by atoms with Crippen molar-refractivity contribution in [2.24, 2.45) is 0 Å². The van der Waals surface area contributed by atoms with E-state index >= 15 is 0 Å². The van der Waals surface area contributed by atoms with Gasteiger partial charge in [-0.3, -0.25) is 0 Å². The van der Waals surface area contributed by atoms with E-state index in [1.54, 1.807) is 11.8 Å². The molecule has 1 aromatic carbocycles. The van der Waals surface area contributed by atoms with E-state index in [4.69, 9.17) is 4.74 Å². The molecular weight excluding hydrogens is 184 g/mol. The number of benzene rings is 1. The van der Waals surface area contributed by atoms with Gasteiger partial charge in [0.05, 0.1) is 12.7 Å². The van der Waals surface area contributed by atoms with E-state index in [2.05, 4.69) is 0 Å². The third-order valence-electron chi connectivity index (χ3n) is 2.23. The molecule has 1 atom stereocenters. The number of rotatable bonds is 1. The van der Waals surface area contributed by atoms with Crippen molar-refractivity contribution in [1.29, 1.82) is 0 Å². The Hall–Kier alpha value is -0.670. The average molecular weight is 196 g/mol. The SMILES string of the molecule is CSc1ccc2c(c1)OCCC2O. The maximum atomic E-state index is 9.64. The molecule has 70 valence electrons. The second-order valence-electron chi connectivity index (χ2n) is 3.06. The number of thioether (sulfide) groups is 1. The number of hydrogen-bond donors (Lipinski definition) is 1. The fraction of sp³-hybridized carbons (Fsp3) is 0.400. The summed E-state index contributed by atoms with van der Waals surface area (Å²) in [6.45, 7) is 0.617. The molecule has 1 aromatic rings. The first-order valence-electron chi connectivity index (χ1n) is 4.30. The van der Waals surface area contributed by atoms with Gasteiger partial charge in [-0.25, -0.2) is 0 Å². The van der Waals surface area contributed by atoms with Crippen LogP contribution in [0.5, 0.6) is 5.75 Å². The molecule has 1 heterocycles. The summed E-state index contributed by atoms with van der Waals surface area (Å²) in [5.41, 5.74) is 0.920. The van der Waals surface area contributed by atoms with Crippen LogP contribution in [-0.2, 0) is 0 Å². The summed E-state index contributed by atoms with van der Waals surface area (Å²) in [6, 6.07) is 5.95. The standard InChI is InChI=1S/C10H12O2S/c1-13-7-2-3-8-9(11)4-5-12-10(8)6-7/h2-3,6,9,11H,4-5H2,1H3. The average Bonchev–Trinajstić information content (AvgIpc) is 2.18. The van der Waals surface area contributed by atoms with Gasteiger partial charge in [0.2, 0.25) is 0 Å². The molecule has 0 aliphatic carbocycles. The molecule has 3 heteroatoms. The molecule has 1 unspecified atom stereocenters. The fourth-order valence-corrected chi connectivity index (χ4v) is 1.91. The number of hydrogen-bond acceptors (Lipinski definition) is 3. The monoisotopic (exact) mass is 196 g/mol. The zero-order chi connectivity index (χ0) is 9.26. The summed E-state index contributed by atoms with van der Waals surface area (Å²) in [5.74, 6) is 0.839. The van der Waals surface area contributed by atoms with Gasteiger partial charge in [0.25, 0.3) is 0 Å². The lowest BCUT2D eigenvalue weighted by molar-refractivity contribution is 0.115. The topological polar surface area (TPSA) is 29.5 Å².